The fourth-order valence-electron chi connectivity index (χ4n) is 8.67. The van der Waals surface area contributed by atoms with E-state index in [1.165, 1.54) is 72.0 Å². The second kappa shape index (κ2) is 14.9. The molecule has 7 aromatic carbocycles. The van der Waals surface area contributed by atoms with E-state index in [2.05, 4.69) is 232 Å². The summed E-state index contributed by atoms with van der Waals surface area (Å²) in [4.78, 5) is 2.47. The number of fused-ring (bicyclic) bond motifs is 2. The van der Waals surface area contributed by atoms with E-state index < -0.39 is 0 Å². The molecule has 1 atom stereocenters. The first-order chi connectivity index (χ1) is 27.6. The summed E-state index contributed by atoms with van der Waals surface area (Å²) in [6, 6.07) is 55.1. The number of benzene rings is 7. The molecule has 1 unspecified atom stereocenters. The number of hydrogen-bond donors (Lipinski definition) is 0. The molecule has 0 spiro atoms. The number of nitrogens with zero attached hydrogens (tertiary/aromatic N) is 1. The van der Waals surface area contributed by atoms with Crippen LogP contribution in [0.4, 0.5) is 17.1 Å². The molecule has 0 saturated carbocycles. The Kier molecular flexibility index (Phi) is 10.1. The topological polar surface area (TPSA) is 3.24 Å². The Bertz CT molecular complexity index is 2610. The van der Waals surface area contributed by atoms with Crippen LogP contribution in [0, 0.1) is 0 Å². The van der Waals surface area contributed by atoms with Gasteiger partial charge in [0.2, 0.25) is 0 Å². The third-order valence-electron chi connectivity index (χ3n) is 12.2. The largest absolute Gasteiger partial charge is 0.310 e. The van der Waals surface area contributed by atoms with Crippen molar-refractivity contribution in [2.45, 2.75) is 97.8 Å². The first-order valence-electron chi connectivity index (χ1n) is 21.2. The van der Waals surface area contributed by atoms with Crippen molar-refractivity contribution in [2.75, 3.05) is 4.90 Å². The van der Waals surface area contributed by atoms with Crippen molar-refractivity contribution in [3.63, 3.8) is 0 Å². The molecule has 0 heterocycles. The maximum absolute atomic E-state index is 2.47. The summed E-state index contributed by atoms with van der Waals surface area (Å²) in [6.07, 6.45) is 5.75. The van der Waals surface area contributed by atoms with Crippen LogP contribution in [0.25, 0.3) is 50.2 Å². The molecule has 1 aliphatic rings. The molecule has 1 nitrogen and oxygen atoms in total. The number of anilines is 3. The van der Waals surface area contributed by atoms with Gasteiger partial charge in [-0.15, -0.1) is 0 Å². The van der Waals surface area contributed by atoms with Crippen LogP contribution in [-0.4, -0.2) is 0 Å². The van der Waals surface area contributed by atoms with Crippen LogP contribution in [-0.2, 0) is 16.2 Å². The highest BCUT2D eigenvalue weighted by Crippen LogP contribution is 2.47. The fourth-order valence-corrected chi connectivity index (χ4v) is 8.67. The first kappa shape index (κ1) is 39.2. The molecule has 58 heavy (non-hydrogen) atoms. The Balaban J connectivity index is 1.36. The number of rotatable bonds is 6. The van der Waals surface area contributed by atoms with Crippen LogP contribution in [0.15, 0.2) is 152 Å². The SMILES string of the molecule is CC1CC=Cc2c(-c3cccc(N(c4ccc(C(C)(C)C)cc4)c4ccccc4-c4cccc5cccc(-c6cc(C(C)(C)C)cc(C(C)(C)C)c6)c45)c3)cccc21. The predicted octanol–water partition coefficient (Wildman–Crippen LogP) is 16.7. The summed E-state index contributed by atoms with van der Waals surface area (Å²) >= 11 is 0. The Morgan fingerprint density at radius 3 is 1.72 bits per heavy atom. The maximum Gasteiger partial charge on any atom is 0.0540 e. The minimum Gasteiger partial charge on any atom is -0.310 e. The van der Waals surface area contributed by atoms with E-state index in [4.69, 9.17) is 0 Å². The standard InChI is InChI=1S/C57H59N/c1-38-18-13-27-50-47(38)24-17-25-48(50)40-21-14-22-46(36-40)58(45-32-30-42(31-33-45)55(2,3)4)53-29-12-11-23-51(53)52-28-16-20-39-19-15-26-49(54(39)52)41-34-43(56(5,6)7)37-44(35-41)57(8,9)10/h11-17,19-38H,18H2,1-10H3. The van der Waals surface area contributed by atoms with Crippen molar-refractivity contribution >= 4 is 33.9 Å². The van der Waals surface area contributed by atoms with Gasteiger partial charge in [0, 0.05) is 16.9 Å². The van der Waals surface area contributed by atoms with Crippen molar-refractivity contribution in [2.24, 2.45) is 0 Å². The van der Waals surface area contributed by atoms with E-state index in [-0.39, 0.29) is 16.2 Å². The Labute approximate surface area is 348 Å². The van der Waals surface area contributed by atoms with Gasteiger partial charge in [-0.3, -0.25) is 0 Å². The Morgan fingerprint density at radius 1 is 0.466 bits per heavy atom. The summed E-state index contributed by atoms with van der Waals surface area (Å²) in [5.74, 6) is 0.509. The second-order valence-electron chi connectivity index (χ2n) is 19.6. The van der Waals surface area contributed by atoms with Gasteiger partial charge in [-0.2, -0.15) is 0 Å². The predicted molar refractivity (Wildman–Crippen MR) is 253 cm³/mol. The summed E-state index contributed by atoms with van der Waals surface area (Å²) in [5, 5.41) is 2.51. The molecular formula is C57H59N. The molecular weight excluding hydrogens is 699 g/mol. The molecule has 0 bridgehead atoms. The smallest absolute Gasteiger partial charge is 0.0540 e. The molecule has 0 N–H and O–H groups in total. The van der Waals surface area contributed by atoms with Gasteiger partial charge in [-0.05, 0) is 125 Å². The quantitative estimate of drug-likeness (QED) is 0.163. The van der Waals surface area contributed by atoms with Gasteiger partial charge in [-0.25, -0.2) is 0 Å². The molecule has 0 amide bonds. The van der Waals surface area contributed by atoms with Gasteiger partial charge < -0.3 is 4.90 Å². The summed E-state index contributed by atoms with van der Waals surface area (Å²) in [6.45, 7) is 23.1. The van der Waals surface area contributed by atoms with Crippen LogP contribution in [0.2, 0.25) is 0 Å². The normalized spacial score (nSPS) is 14.4. The van der Waals surface area contributed by atoms with E-state index in [9.17, 15) is 0 Å². The average molecular weight is 758 g/mol. The van der Waals surface area contributed by atoms with Crippen LogP contribution in [0.1, 0.15) is 109 Å². The molecule has 1 aliphatic carbocycles. The second-order valence-corrected chi connectivity index (χ2v) is 19.6. The van der Waals surface area contributed by atoms with Gasteiger partial charge >= 0.3 is 0 Å². The van der Waals surface area contributed by atoms with Crippen molar-refractivity contribution < 1.29 is 0 Å². The first-order valence-corrected chi connectivity index (χ1v) is 21.2. The molecule has 0 aliphatic heterocycles. The molecule has 292 valence electrons. The van der Waals surface area contributed by atoms with E-state index in [1.54, 1.807) is 0 Å². The minimum absolute atomic E-state index is 0.0151. The monoisotopic (exact) mass is 757 g/mol. The third-order valence-corrected chi connectivity index (χ3v) is 12.2. The molecule has 0 fully saturated rings. The zero-order valence-corrected chi connectivity index (χ0v) is 36.2. The lowest BCUT2D eigenvalue weighted by atomic mass is 9.78. The highest BCUT2D eigenvalue weighted by molar-refractivity contribution is 6.09. The van der Waals surface area contributed by atoms with Crippen molar-refractivity contribution in [3.05, 3.63) is 179 Å². The van der Waals surface area contributed by atoms with Crippen molar-refractivity contribution in [1.82, 2.24) is 0 Å². The maximum atomic E-state index is 2.47. The highest BCUT2D eigenvalue weighted by atomic mass is 15.1. The molecule has 7 aromatic rings. The van der Waals surface area contributed by atoms with Crippen molar-refractivity contribution in [1.29, 1.82) is 0 Å². The van der Waals surface area contributed by atoms with E-state index >= 15 is 0 Å². The van der Waals surface area contributed by atoms with Crippen LogP contribution < -0.4 is 4.90 Å². The number of allylic oxidation sites excluding steroid dienone is 1. The summed E-state index contributed by atoms with van der Waals surface area (Å²) in [7, 11) is 0. The Hall–Kier alpha value is -5.66. The lowest BCUT2D eigenvalue weighted by Gasteiger charge is -2.30. The summed E-state index contributed by atoms with van der Waals surface area (Å²) < 4.78 is 0. The zero-order valence-electron chi connectivity index (χ0n) is 36.2. The van der Waals surface area contributed by atoms with E-state index in [1.807, 2.05) is 0 Å². The molecule has 1 heteroatoms. The van der Waals surface area contributed by atoms with E-state index in [0.29, 0.717) is 5.92 Å². The average Bonchev–Trinajstić information content (AvgIpc) is 3.20. The van der Waals surface area contributed by atoms with Crippen LogP contribution >= 0.6 is 0 Å². The fraction of sp³-hybridized carbons (Fsp3) is 0.263. The summed E-state index contributed by atoms with van der Waals surface area (Å²) in [5.41, 5.74) is 17.8. The Morgan fingerprint density at radius 2 is 1.05 bits per heavy atom. The van der Waals surface area contributed by atoms with Crippen molar-refractivity contribution in [3.8, 4) is 33.4 Å². The zero-order chi connectivity index (χ0) is 41.0. The molecule has 0 aromatic heterocycles. The molecule has 0 radical (unpaired) electrons. The molecule has 0 saturated heterocycles. The van der Waals surface area contributed by atoms with Gasteiger partial charge in [-0.1, -0.05) is 197 Å². The van der Waals surface area contributed by atoms with Crippen LogP contribution in [0.3, 0.4) is 0 Å². The van der Waals surface area contributed by atoms with Gasteiger partial charge in [0.1, 0.15) is 0 Å². The van der Waals surface area contributed by atoms with Gasteiger partial charge in [0.05, 0.1) is 5.69 Å². The highest BCUT2D eigenvalue weighted by Gasteiger charge is 2.25. The third kappa shape index (κ3) is 7.56. The van der Waals surface area contributed by atoms with Gasteiger partial charge in [0.15, 0.2) is 0 Å². The number of hydrogen-bond acceptors (Lipinski definition) is 1. The van der Waals surface area contributed by atoms with Crippen LogP contribution in [0.5, 0.6) is 0 Å². The lowest BCUT2D eigenvalue weighted by molar-refractivity contribution is 0.569. The lowest BCUT2D eigenvalue weighted by Crippen LogP contribution is -2.16. The van der Waals surface area contributed by atoms with E-state index in [0.717, 1.165) is 23.5 Å². The van der Waals surface area contributed by atoms with Gasteiger partial charge in [0.25, 0.3) is 0 Å². The minimum atomic E-state index is 0.0151. The molecule has 8 rings (SSSR count). The number of para-hydroxylation sites is 1.